The maximum Gasteiger partial charge on any atom is 0.175 e. The molecule has 0 spiro atoms. The van der Waals surface area contributed by atoms with Crippen LogP contribution >= 0.6 is 0 Å². The zero-order chi connectivity index (χ0) is 10.7. The van der Waals surface area contributed by atoms with Crippen LogP contribution in [0.4, 0.5) is 0 Å². The molecule has 14 heavy (non-hydrogen) atoms. The first-order valence-electron chi connectivity index (χ1n) is 4.03. The third-order valence-corrected chi connectivity index (χ3v) is 1.97. The lowest BCUT2D eigenvalue weighted by Crippen LogP contribution is -1.94. The molecule has 0 unspecified atom stereocenters. The van der Waals surface area contributed by atoms with Crippen LogP contribution in [0.5, 0.6) is 11.5 Å². The summed E-state index contributed by atoms with van der Waals surface area (Å²) >= 11 is 0. The van der Waals surface area contributed by atoms with Crippen molar-refractivity contribution in [2.45, 2.75) is 13.3 Å². The summed E-state index contributed by atoms with van der Waals surface area (Å²) in [7, 11) is 0. The molecule has 0 heterocycles. The number of hydrogen-bond acceptors (Lipinski definition) is 4. The fourth-order valence-electron chi connectivity index (χ4n) is 1.29. The van der Waals surface area contributed by atoms with Crippen molar-refractivity contribution in [2.24, 2.45) is 0 Å². The average Bonchev–Trinajstić information content (AvgIpc) is 2.20. The van der Waals surface area contributed by atoms with Crippen LogP contribution < -0.4 is 0 Å². The molecule has 2 N–H and O–H groups in total. The van der Waals surface area contributed by atoms with Gasteiger partial charge >= 0.3 is 0 Å². The van der Waals surface area contributed by atoms with E-state index in [1.807, 2.05) is 6.07 Å². The Hall–Kier alpha value is -2.20. The first kappa shape index (κ1) is 9.88. The number of nitrogens with zero attached hydrogens (tertiary/aromatic N) is 2. The largest absolute Gasteiger partial charge is 0.504 e. The first-order chi connectivity index (χ1) is 6.65. The van der Waals surface area contributed by atoms with Crippen LogP contribution in [0.3, 0.4) is 0 Å². The van der Waals surface area contributed by atoms with Crippen molar-refractivity contribution >= 4 is 0 Å². The molecular formula is C10H8N2O2. The van der Waals surface area contributed by atoms with E-state index in [2.05, 4.69) is 0 Å². The van der Waals surface area contributed by atoms with Crippen LogP contribution in [0.1, 0.15) is 23.6 Å². The summed E-state index contributed by atoms with van der Waals surface area (Å²) in [5.41, 5.74) is 0.661. The first-order valence-corrected chi connectivity index (χ1v) is 4.03. The van der Waals surface area contributed by atoms with Crippen LogP contribution in [0.25, 0.3) is 0 Å². The summed E-state index contributed by atoms with van der Waals surface area (Å²) in [6.07, 6.45) is 0.458. The highest BCUT2D eigenvalue weighted by molar-refractivity contribution is 5.61. The molecule has 0 amide bonds. The monoisotopic (exact) mass is 188 g/mol. The second-order valence-corrected chi connectivity index (χ2v) is 2.72. The predicted molar refractivity (Wildman–Crippen MR) is 48.6 cm³/mol. The fraction of sp³-hybridized carbons (Fsp3) is 0.200. The van der Waals surface area contributed by atoms with E-state index in [4.69, 9.17) is 10.5 Å². The van der Waals surface area contributed by atoms with Crippen LogP contribution in [0, 0.1) is 22.7 Å². The molecule has 0 atom stereocenters. The third-order valence-electron chi connectivity index (χ3n) is 1.97. The van der Waals surface area contributed by atoms with Gasteiger partial charge in [0.05, 0.1) is 11.6 Å². The summed E-state index contributed by atoms with van der Waals surface area (Å²) in [5, 5.41) is 36.0. The zero-order valence-electron chi connectivity index (χ0n) is 7.57. The van der Waals surface area contributed by atoms with Gasteiger partial charge in [0.25, 0.3) is 0 Å². The highest BCUT2D eigenvalue weighted by atomic mass is 16.3. The molecule has 0 aliphatic carbocycles. The SMILES string of the molecule is CCc1c(C#N)cc(O)c(O)c1C#N. The van der Waals surface area contributed by atoms with Gasteiger partial charge in [-0.2, -0.15) is 10.5 Å². The predicted octanol–water partition coefficient (Wildman–Crippen LogP) is 1.40. The van der Waals surface area contributed by atoms with E-state index in [1.165, 1.54) is 0 Å². The summed E-state index contributed by atoms with van der Waals surface area (Å²) in [5.74, 6) is -0.890. The molecule has 0 radical (unpaired) electrons. The standard InChI is InChI=1S/C10H8N2O2/c1-2-7-6(4-11)3-9(13)10(14)8(7)5-12/h3,13-14H,2H2,1H3. The van der Waals surface area contributed by atoms with E-state index in [1.54, 1.807) is 13.0 Å². The van der Waals surface area contributed by atoms with E-state index < -0.39 is 11.5 Å². The quantitative estimate of drug-likeness (QED) is 0.652. The van der Waals surface area contributed by atoms with Gasteiger partial charge in [0.15, 0.2) is 11.5 Å². The Kier molecular flexibility index (Phi) is 2.59. The Morgan fingerprint density at radius 2 is 1.93 bits per heavy atom. The third kappa shape index (κ3) is 1.34. The lowest BCUT2D eigenvalue weighted by Gasteiger charge is -2.06. The van der Waals surface area contributed by atoms with Crippen molar-refractivity contribution in [2.75, 3.05) is 0 Å². The van der Waals surface area contributed by atoms with Crippen molar-refractivity contribution in [1.29, 1.82) is 10.5 Å². The Balaban J connectivity index is 3.63. The topological polar surface area (TPSA) is 88.0 Å². The molecule has 70 valence electrons. The molecule has 0 fully saturated rings. The molecule has 0 aromatic heterocycles. The van der Waals surface area contributed by atoms with Crippen LogP contribution in [-0.4, -0.2) is 10.2 Å². The minimum absolute atomic E-state index is 0.0240. The van der Waals surface area contributed by atoms with E-state index >= 15 is 0 Å². The highest BCUT2D eigenvalue weighted by Crippen LogP contribution is 2.33. The average molecular weight is 188 g/mol. The van der Waals surface area contributed by atoms with Crippen LogP contribution in [0.15, 0.2) is 6.07 Å². The van der Waals surface area contributed by atoms with Crippen molar-refractivity contribution in [3.63, 3.8) is 0 Å². The summed E-state index contributed by atoms with van der Waals surface area (Å²) in [4.78, 5) is 0. The van der Waals surface area contributed by atoms with Gasteiger partial charge in [-0.15, -0.1) is 0 Å². The molecule has 1 aromatic carbocycles. The van der Waals surface area contributed by atoms with Gasteiger partial charge in [-0.05, 0) is 12.0 Å². The molecular weight excluding hydrogens is 180 g/mol. The van der Waals surface area contributed by atoms with Gasteiger partial charge in [-0.3, -0.25) is 0 Å². The number of benzene rings is 1. The second-order valence-electron chi connectivity index (χ2n) is 2.72. The molecule has 0 saturated carbocycles. The van der Waals surface area contributed by atoms with Gasteiger partial charge in [-0.1, -0.05) is 6.92 Å². The molecule has 1 aromatic rings. The van der Waals surface area contributed by atoms with Crippen LogP contribution in [-0.2, 0) is 6.42 Å². The lowest BCUT2D eigenvalue weighted by molar-refractivity contribution is 0.402. The highest BCUT2D eigenvalue weighted by Gasteiger charge is 2.15. The molecule has 1 rings (SSSR count). The number of aromatic hydroxyl groups is 2. The summed E-state index contributed by atoms with van der Waals surface area (Å²) in [6, 6.07) is 4.80. The van der Waals surface area contributed by atoms with Gasteiger partial charge < -0.3 is 10.2 Å². The lowest BCUT2D eigenvalue weighted by atomic mass is 9.98. The Bertz CT molecular complexity index is 453. The Labute approximate surface area is 81.3 Å². The summed E-state index contributed by atoms with van der Waals surface area (Å²) in [6.45, 7) is 1.77. The van der Waals surface area contributed by atoms with Crippen LogP contribution in [0.2, 0.25) is 0 Å². The molecule has 0 saturated heterocycles. The number of hydrogen-bond donors (Lipinski definition) is 2. The van der Waals surface area contributed by atoms with Crippen molar-refractivity contribution in [1.82, 2.24) is 0 Å². The maximum atomic E-state index is 9.35. The molecule has 0 bridgehead atoms. The van der Waals surface area contributed by atoms with Gasteiger partial charge in [0, 0.05) is 6.07 Å². The Morgan fingerprint density at radius 3 is 2.36 bits per heavy atom. The number of nitriles is 2. The van der Waals surface area contributed by atoms with E-state index in [-0.39, 0.29) is 11.1 Å². The smallest absolute Gasteiger partial charge is 0.175 e. The number of phenolic OH excluding ortho intramolecular Hbond substituents is 2. The van der Waals surface area contributed by atoms with Crippen molar-refractivity contribution in [3.8, 4) is 23.6 Å². The van der Waals surface area contributed by atoms with Gasteiger partial charge in [0.2, 0.25) is 0 Å². The molecule has 4 nitrogen and oxygen atoms in total. The minimum atomic E-state index is -0.455. The Morgan fingerprint density at radius 1 is 1.29 bits per heavy atom. The zero-order valence-corrected chi connectivity index (χ0v) is 7.57. The second kappa shape index (κ2) is 3.68. The number of rotatable bonds is 1. The van der Waals surface area contributed by atoms with E-state index in [0.29, 0.717) is 12.0 Å². The summed E-state index contributed by atoms with van der Waals surface area (Å²) < 4.78 is 0. The molecule has 4 heteroatoms. The van der Waals surface area contributed by atoms with Gasteiger partial charge in [0.1, 0.15) is 11.6 Å². The van der Waals surface area contributed by atoms with Crippen molar-refractivity contribution in [3.05, 3.63) is 22.8 Å². The fourth-order valence-corrected chi connectivity index (χ4v) is 1.29. The van der Waals surface area contributed by atoms with E-state index in [9.17, 15) is 10.2 Å². The minimum Gasteiger partial charge on any atom is -0.504 e. The molecule has 0 aliphatic heterocycles. The normalized spacial score (nSPS) is 9.07. The van der Waals surface area contributed by atoms with Crippen molar-refractivity contribution < 1.29 is 10.2 Å². The number of phenols is 2. The maximum absolute atomic E-state index is 9.35. The van der Waals surface area contributed by atoms with Gasteiger partial charge in [-0.25, -0.2) is 0 Å². The molecule has 0 aliphatic rings. The van der Waals surface area contributed by atoms with E-state index in [0.717, 1.165) is 6.07 Å².